The van der Waals surface area contributed by atoms with Crippen molar-refractivity contribution in [2.75, 3.05) is 5.32 Å². The number of hydrogen-bond acceptors (Lipinski definition) is 2. The summed E-state index contributed by atoms with van der Waals surface area (Å²) in [6.07, 6.45) is -1.46. The minimum Gasteiger partial charge on any atom is -0.341 e. The van der Waals surface area contributed by atoms with E-state index in [9.17, 15) is 22.8 Å². The van der Waals surface area contributed by atoms with Crippen molar-refractivity contribution in [3.63, 3.8) is 0 Å². The van der Waals surface area contributed by atoms with Gasteiger partial charge in [0.25, 0.3) is 11.8 Å². The van der Waals surface area contributed by atoms with Crippen LogP contribution in [0, 0.1) is 11.6 Å². The average Bonchev–Trinajstić information content (AvgIpc) is 3.05. The molecule has 1 aliphatic rings. The van der Waals surface area contributed by atoms with Gasteiger partial charge in [0, 0.05) is 37.4 Å². The van der Waals surface area contributed by atoms with Gasteiger partial charge in [0.15, 0.2) is 0 Å². The van der Waals surface area contributed by atoms with Gasteiger partial charge in [-0.1, -0.05) is 27.5 Å². The van der Waals surface area contributed by atoms with Crippen molar-refractivity contribution in [1.29, 1.82) is 0 Å². The molecule has 2 N–H and O–H groups in total. The molecular formula is C23H15BrClF3N2O2. The van der Waals surface area contributed by atoms with Crippen LogP contribution < -0.4 is 10.6 Å². The zero-order chi connectivity index (χ0) is 23.2. The Morgan fingerprint density at radius 1 is 1.12 bits per heavy atom. The summed E-state index contributed by atoms with van der Waals surface area (Å²) in [6, 6.07) is 9.35. The van der Waals surface area contributed by atoms with Gasteiger partial charge in [-0.2, -0.15) is 0 Å². The fraction of sp³-hybridized carbons (Fsp3) is 0.130. The maximum Gasteiger partial charge on any atom is 0.255 e. The largest absolute Gasteiger partial charge is 0.341 e. The molecule has 2 atom stereocenters. The summed E-state index contributed by atoms with van der Waals surface area (Å²) in [4.78, 5) is 25.5. The summed E-state index contributed by atoms with van der Waals surface area (Å²) in [5.41, 5.74) is 1.14. The van der Waals surface area contributed by atoms with Crippen molar-refractivity contribution in [2.24, 2.45) is 0 Å². The highest BCUT2D eigenvalue weighted by Crippen LogP contribution is 2.41. The van der Waals surface area contributed by atoms with Crippen LogP contribution in [-0.2, 0) is 0 Å². The number of carbonyl (C=O) groups excluding carboxylic acids is 2. The summed E-state index contributed by atoms with van der Waals surface area (Å²) in [7, 11) is 0. The molecule has 1 heterocycles. The van der Waals surface area contributed by atoms with Crippen molar-refractivity contribution < 1.29 is 22.8 Å². The molecule has 4 rings (SSSR count). The van der Waals surface area contributed by atoms with Crippen LogP contribution in [0.2, 0.25) is 5.02 Å². The number of nitrogens with one attached hydrogen (secondary N) is 2. The summed E-state index contributed by atoms with van der Waals surface area (Å²) >= 11 is 9.56. The lowest BCUT2D eigenvalue weighted by molar-refractivity contribution is 0.0959. The van der Waals surface area contributed by atoms with Crippen molar-refractivity contribution in [2.45, 2.75) is 19.1 Å². The van der Waals surface area contributed by atoms with Gasteiger partial charge in [0.1, 0.15) is 17.8 Å². The third-order valence-electron chi connectivity index (χ3n) is 5.11. The van der Waals surface area contributed by atoms with E-state index in [0.717, 1.165) is 12.1 Å². The maximum absolute atomic E-state index is 13.9. The predicted molar refractivity (Wildman–Crippen MR) is 119 cm³/mol. The zero-order valence-electron chi connectivity index (χ0n) is 16.5. The predicted octanol–water partition coefficient (Wildman–Crippen LogP) is 6.50. The first-order chi connectivity index (χ1) is 15.1. The molecule has 2 amide bonds. The smallest absolute Gasteiger partial charge is 0.255 e. The van der Waals surface area contributed by atoms with Crippen LogP contribution >= 0.6 is 27.5 Å². The quantitative estimate of drug-likeness (QED) is 0.410. The van der Waals surface area contributed by atoms with Gasteiger partial charge in [0.2, 0.25) is 0 Å². The number of alkyl halides is 1. The van der Waals surface area contributed by atoms with Gasteiger partial charge in [-0.05, 0) is 61.0 Å². The van der Waals surface area contributed by atoms with Gasteiger partial charge in [-0.15, -0.1) is 0 Å². The standard InChI is InChI=1S/C23H15BrClF3N2O2/c1-10(26)11-4-12(6-15(28)5-11)22(31)29-19-8-13(24)7-17-20(19)21(30-23(17)32)16-9-14(27)2-3-18(16)25/h2-10,21H,1H3,(H,29,31)(H,30,32). The first-order valence-electron chi connectivity index (χ1n) is 9.49. The molecule has 0 saturated heterocycles. The molecular weight excluding hydrogens is 509 g/mol. The number of carbonyl (C=O) groups is 2. The Morgan fingerprint density at radius 2 is 1.88 bits per heavy atom. The molecule has 0 aromatic heterocycles. The Morgan fingerprint density at radius 3 is 2.59 bits per heavy atom. The Balaban J connectivity index is 1.79. The van der Waals surface area contributed by atoms with E-state index in [0.29, 0.717) is 15.6 Å². The van der Waals surface area contributed by atoms with Crippen LogP contribution in [0.1, 0.15) is 56.5 Å². The zero-order valence-corrected chi connectivity index (χ0v) is 18.8. The Kier molecular flexibility index (Phi) is 6.01. The minimum absolute atomic E-state index is 0.0240. The fourth-order valence-electron chi connectivity index (χ4n) is 3.64. The second kappa shape index (κ2) is 8.60. The van der Waals surface area contributed by atoms with E-state index in [2.05, 4.69) is 26.6 Å². The molecule has 0 radical (unpaired) electrons. The number of benzene rings is 3. The molecule has 3 aromatic rings. The van der Waals surface area contributed by atoms with Crippen LogP contribution in [0.15, 0.2) is 53.0 Å². The lowest BCUT2D eigenvalue weighted by Gasteiger charge is -2.18. The lowest BCUT2D eigenvalue weighted by Crippen LogP contribution is -2.21. The van der Waals surface area contributed by atoms with E-state index in [1.165, 1.54) is 31.2 Å². The topological polar surface area (TPSA) is 58.2 Å². The van der Waals surface area contributed by atoms with Crippen LogP contribution in [-0.4, -0.2) is 11.8 Å². The Labute approximate surface area is 194 Å². The monoisotopic (exact) mass is 522 g/mol. The van der Waals surface area contributed by atoms with E-state index in [-0.39, 0.29) is 27.4 Å². The Hall–Kier alpha value is -2.84. The van der Waals surface area contributed by atoms with Crippen LogP contribution in [0.25, 0.3) is 0 Å². The molecule has 0 fully saturated rings. The molecule has 0 saturated carbocycles. The first kappa shape index (κ1) is 22.4. The van der Waals surface area contributed by atoms with E-state index in [1.54, 1.807) is 12.1 Å². The second-order valence-corrected chi connectivity index (χ2v) is 8.65. The van der Waals surface area contributed by atoms with E-state index in [4.69, 9.17) is 11.6 Å². The number of fused-ring (bicyclic) bond motifs is 1. The highest BCUT2D eigenvalue weighted by atomic mass is 79.9. The molecule has 0 aliphatic carbocycles. The molecule has 32 heavy (non-hydrogen) atoms. The SMILES string of the molecule is CC(F)c1cc(F)cc(C(=O)Nc2cc(Br)cc3c2C(c2cc(F)ccc2Cl)NC3=O)c1. The third kappa shape index (κ3) is 4.25. The maximum atomic E-state index is 13.9. The molecule has 2 unspecified atom stereocenters. The molecule has 0 bridgehead atoms. The lowest BCUT2D eigenvalue weighted by atomic mass is 9.96. The highest BCUT2D eigenvalue weighted by Gasteiger charge is 2.34. The summed E-state index contributed by atoms with van der Waals surface area (Å²) < 4.78 is 42.0. The van der Waals surface area contributed by atoms with Crippen LogP contribution in [0.4, 0.5) is 18.9 Å². The molecule has 4 nitrogen and oxygen atoms in total. The summed E-state index contributed by atoms with van der Waals surface area (Å²) in [5.74, 6) is -2.42. The fourth-order valence-corrected chi connectivity index (χ4v) is 4.32. The number of amides is 2. The summed E-state index contributed by atoms with van der Waals surface area (Å²) in [5, 5.41) is 5.64. The normalized spacial score (nSPS) is 15.8. The van der Waals surface area contributed by atoms with Gasteiger partial charge >= 0.3 is 0 Å². The number of rotatable bonds is 4. The number of anilines is 1. The first-order valence-corrected chi connectivity index (χ1v) is 10.7. The van der Waals surface area contributed by atoms with Gasteiger partial charge in [-0.3, -0.25) is 9.59 Å². The number of halogens is 5. The summed E-state index contributed by atoms with van der Waals surface area (Å²) in [6.45, 7) is 1.24. The van der Waals surface area contributed by atoms with Gasteiger partial charge < -0.3 is 10.6 Å². The van der Waals surface area contributed by atoms with Crippen molar-refractivity contribution in [3.05, 3.63) is 97.5 Å². The third-order valence-corrected chi connectivity index (χ3v) is 5.91. The average molecular weight is 524 g/mol. The van der Waals surface area contributed by atoms with Crippen LogP contribution in [0.5, 0.6) is 0 Å². The number of hydrogen-bond donors (Lipinski definition) is 2. The Bertz CT molecular complexity index is 1270. The van der Waals surface area contributed by atoms with Gasteiger partial charge in [0.05, 0.1) is 6.04 Å². The van der Waals surface area contributed by atoms with Crippen molar-refractivity contribution >= 4 is 45.0 Å². The van der Waals surface area contributed by atoms with E-state index >= 15 is 0 Å². The van der Waals surface area contributed by atoms with E-state index in [1.807, 2.05) is 0 Å². The van der Waals surface area contributed by atoms with Crippen molar-refractivity contribution in [3.8, 4) is 0 Å². The molecule has 0 spiro atoms. The van der Waals surface area contributed by atoms with Crippen molar-refractivity contribution in [1.82, 2.24) is 5.32 Å². The minimum atomic E-state index is -1.46. The van der Waals surface area contributed by atoms with Gasteiger partial charge in [-0.25, -0.2) is 13.2 Å². The molecule has 3 aromatic carbocycles. The molecule has 164 valence electrons. The molecule has 9 heteroatoms. The van der Waals surface area contributed by atoms with Crippen LogP contribution in [0.3, 0.4) is 0 Å². The van der Waals surface area contributed by atoms with E-state index < -0.39 is 35.7 Å². The highest BCUT2D eigenvalue weighted by molar-refractivity contribution is 9.10. The second-order valence-electron chi connectivity index (χ2n) is 7.33. The molecule has 1 aliphatic heterocycles.